The lowest BCUT2D eigenvalue weighted by Gasteiger charge is -2.37. The number of amides is 3. The van der Waals surface area contributed by atoms with Crippen molar-refractivity contribution in [3.63, 3.8) is 0 Å². The Bertz CT molecular complexity index is 376. The van der Waals surface area contributed by atoms with Gasteiger partial charge in [-0.2, -0.15) is 0 Å². The van der Waals surface area contributed by atoms with Gasteiger partial charge in [0.2, 0.25) is 5.91 Å². The Morgan fingerprint density at radius 2 is 1.85 bits per heavy atom. The molecule has 0 aliphatic heterocycles. The Hall–Kier alpha value is -1.79. The minimum absolute atomic E-state index is 0.171. The van der Waals surface area contributed by atoms with E-state index < -0.39 is 17.5 Å². The highest BCUT2D eigenvalue weighted by atomic mass is 16.4. The monoisotopic (exact) mass is 285 g/mol. The van der Waals surface area contributed by atoms with Crippen molar-refractivity contribution in [2.45, 2.75) is 44.6 Å². The summed E-state index contributed by atoms with van der Waals surface area (Å²) in [4.78, 5) is 34.2. The molecule has 0 aromatic carbocycles. The van der Waals surface area contributed by atoms with Crippen molar-refractivity contribution in [1.29, 1.82) is 0 Å². The highest BCUT2D eigenvalue weighted by Gasteiger charge is 2.42. The molecule has 0 aromatic rings. The van der Waals surface area contributed by atoms with E-state index in [1.807, 2.05) is 0 Å². The maximum Gasteiger partial charge on any atom is 0.329 e. The number of aliphatic carboxylic acids is 1. The third kappa shape index (κ3) is 4.11. The zero-order chi connectivity index (χ0) is 15.2. The average molecular weight is 285 g/mol. The molecular formula is C13H23N3O4. The van der Waals surface area contributed by atoms with Crippen LogP contribution in [-0.2, 0) is 9.59 Å². The fourth-order valence-electron chi connectivity index (χ4n) is 2.48. The van der Waals surface area contributed by atoms with Crippen molar-refractivity contribution in [2.24, 2.45) is 5.92 Å². The second-order valence-electron chi connectivity index (χ2n) is 5.22. The number of nitrogens with one attached hydrogen (secondary N) is 3. The fraction of sp³-hybridized carbons (Fsp3) is 0.769. The van der Waals surface area contributed by atoms with Crippen LogP contribution in [0.2, 0.25) is 0 Å². The van der Waals surface area contributed by atoms with Crippen LogP contribution in [-0.4, -0.2) is 42.1 Å². The van der Waals surface area contributed by atoms with Gasteiger partial charge in [0.15, 0.2) is 0 Å². The zero-order valence-electron chi connectivity index (χ0n) is 12.0. The number of hydrogen-bond donors (Lipinski definition) is 4. The van der Waals surface area contributed by atoms with Gasteiger partial charge in [0.1, 0.15) is 5.54 Å². The first-order valence-electron chi connectivity index (χ1n) is 6.93. The quantitative estimate of drug-likeness (QED) is 0.588. The van der Waals surface area contributed by atoms with Gasteiger partial charge in [-0.15, -0.1) is 0 Å². The second-order valence-corrected chi connectivity index (χ2v) is 5.22. The van der Waals surface area contributed by atoms with Crippen molar-refractivity contribution < 1.29 is 19.5 Å². The van der Waals surface area contributed by atoms with Gasteiger partial charge in [-0.3, -0.25) is 4.79 Å². The molecule has 4 N–H and O–H groups in total. The number of carbonyl (C=O) groups is 3. The summed E-state index contributed by atoms with van der Waals surface area (Å²) in [5.41, 5.74) is -1.21. The molecule has 7 nitrogen and oxygen atoms in total. The third-order valence-electron chi connectivity index (χ3n) is 3.99. The van der Waals surface area contributed by atoms with Crippen LogP contribution in [0.3, 0.4) is 0 Å². The molecule has 0 radical (unpaired) electrons. The van der Waals surface area contributed by atoms with E-state index in [1.165, 1.54) is 7.05 Å². The Morgan fingerprint density at radius 1 is 1.25 bits per heavy atom. The van der Waals surface area contributed by atoms with E-state index in [1.54, 1.807) is 0 Å². The largest absolute Gasteiger partial charge is 0.480 e. The Labute approximate surface area is 118 Å². The summed E-state index contributed by atoms with van der Waals surface area (Å²) in [5.74, 6) is -0.820. The molecule has 0 aromatic heterocycles. The molecule has 1 rings (SSSR count). The second kappa shape index (κ2) is 7.12. The van der Waals surface area contributed by atoms with Gasteiger partial charge in [0.25, 0.3) is 0 Å². The molecular weight excluding hydrogens is 262 g/mol. The van der Waals surface area contributed by atoms with Crippen LogP contribution in [0.4, 0.5) is 4.79 Å². The van der Waals surface area contributed by atoms with Gasteiger partial charge in [0.05, 0.1) is 6.54 Å². The van der Waals surface area contributed by atoms with E-state index in [2.05, 4.69) is 22.9 Å². The number of carboxylic acids is 1. The molecule has 0 atom stereocenters. The van der Waals surface area contributed by atoms with Crippen LogP contribution in [0, 0.1) is 5.92 Å². The van der Waals surface area contributed by atoms with Crippen molar-refractivity contribution >= 4 is 17.9 Å². The predicted molar refractivity (Wildman–Crippen MR) is 73.2 cm³/mol. The lowest BCUT2D eigenvalue weighted by molar-refractivity contribution is -0.146. The van der Waals surface area contributed by atoms with Gasteiger partial charge in [-0.25, -0.2) is 9.59 Å². The number of carbonyl (C=O) groups excluding carboxylic acids is 2. The summed E-state index contributed by atoms with van der Waals surface area (Å²) in [6.45, 7) is 1.91. The molecule has 0 bridgehead atoms. The van der Waals surface area contributed by atoms with Crippen molar-refractivity contribution in [1.82, 2.24) is 16.0 Å². The molecule has 1 aliphatic carbocycles. The third-order valence-corrected chi connectivity index (χ3v) is 3.99. The molecule has 114 valence electrons. The first kappa shape index (κ1) is 16.3. The molecule has 1 aliphatic rings. The summed E-state index contributed by atoms with van der Waals surface area (Å²) in [7, 11) is 1.46. The minimum Gasteiger partial charge on any atom is -0.480 e. The van der Waals surface area contributed by atoms with E-state index in [9.17, 15) is 19.5 Å². The highest BCUT2D eigenvalue weighted by molar-refractivity contribution is 5.88. The summed E-state index contributed by atoms with van der Waals surface area (Å²) < 4.78 is 0. The van der Waals surface area contributed by atoms with Gasteiger partial charge in [-0.05, 0) is 31.6 Å². The first-order valence-corrected chi connectivity index (χ1v) is 6.93. The summed E-state index contributed by atoms with van der Waals surface area (Å²) >= 11 is 0. The van der Waals surface area contributed by atoms with Gasteiger partial charge in [0, 0.05) is 7.05 Å². The Morgan fingerprint density at radius 3 is 2.30 bits per heavy atom. The molecule has 0 heterocycles. The molecule has 1 saturated carbocycles. The van der Waals surface area contributed by atoms with E-state index in [0.29, 0.717) is 18.8 Å². The number of hydrogen-bond acceptors (Lipinski definition) is 3. The van der Waals surface area contributed by atoms with Gasteiger partial charge < -0.3 is 21.1 Å². The van der Waals surface area contributed by atoms with Crippen LogP contribution in [0.1, 0.15) is 39.0 Å². The van der Waals surface area contributed by atoms with E-state index in [0.717, 1.165) is 19.3 Å². The topological polar surface area (TPSA) is 108 Å². The van der Waals surface area contributed by atoms with Gasteiger partial charge in [-0.1, -0.05) is 13.3 Å². The van der Waals surface area contributed by atoms with Crippen LogP contribution in [0.15, 0.2) is 0 Å². The Balaban J connectivity index is 2.57. The Kier molecular flexibility index (Phi) is 5.79. The van der Waals surface area contributed by atoms with Gasteiger partial charge >= 0.3 is 12.0 Å². The van der Waals surface area contributed by atoms with E-state index >= 15 is 0 Å². The average Bonchev–Trinajstić information content (AvgIpc) is 2.45. The summed E-state index contributed by atoms with van der Waals surface area (Å²) in [5, 5.41) is 16.7. The summed E-state index contributed by atoms with van der Waals surface area (Å²) in [6, 6.07) is -0.619. The van der Waals surface area contributed by atoms with Crippen molar-refractivity contribution in [3.8, 4) is 0 Å². The molecule has 20 heavy (non-hydrogen) atoms. The molecule has 3 amide bonds. The molecule has 0 spiro atoms. The van der Waals surface area contributed by atoms with Crippen LogP contribution in [0.25, 0.3) is 0 Å². The molecule has 1 fully saturated rings. The lowest BCUT2D eigenvalue weighted by Crippen LogP contribution is -2.59. The van der Waals surface area contributed by atoms with Crippen molar-refractivity contribution in [3.05, 3.63) is 0 Å². The van der Waals surface area contributed by atoms with Crippen LogP contribution < -0.4 is 16.0 Å². The molecule has 7 heteroatoms. The summed E-state index contributed by atoms with van der Waals surface area (Å²) in [6.07, 6.45) is 3.46. The first-order chi connectivity index (χ1) is 9.43. The smallest absolute Gasteiger partial charge is 0.329 e. The van der Waals surface area contributed by atoms with Crippen molar-refractivity contribution in [2.75, 3.05) is 13.6 Å². The minimum atomic E-state index is -1.21. The normalized spacial score (nSPS) is 25.6. The number of likely N-dealkylation sites (N-methyl/N-ethyl adjacent to an activating group) is 1. The van der Waals surface area contributed by atoms with Crippen LogP contribution in [0.5, 0.6) is 0 Å². The predicted octanol–water partition coefficient (Wildman–Crippen LogP) is 0.455. The fourth-order valence-corrected chi connectivity index (χ4v) is 2.48. The zero-order valence-corrected chi connectivity index (χ0v) is 12.0. The number of urea groups is 1. The lowest BCUT2D eigenvalue weighted by atomic mass is 9.75. The van der Waals surface area contributed by atoms with Crippen LogP contribution >= 0.6 is 0 Å². The highest BCUT2D eigenvalue weighted by Crippen LogP contribution is 2.33. The maximum absolute atomic E-state index is 11.7. The maximum atomic E-state index is 11.7. The number of rotatable bonds is 5. The SMILES string of the molecule is CCC1CCC(NC(=O)NCC(=O)NC)(C(=O)O)CC1. The number of carboxylic acid groups (broad SMARTS) is 1. The van der Waals surface area contributed by atoms with E-state index in [4.69, 9.17) is 0 Å². The molecule has 0 unspecified atom stereocenters. The van der Waals surface area contributed by atoms with E-state index in [-0.39, 0.29) is 12.5 Å². The standard InChI is InChI=1S/C13H23N3O4/c1-3-9-4-6-13(7-5-9,11(18)19)16-12(20)15-8-10(17)14-2/h9H,3-8H2,1-2H3,(H,14,17)(H,18,19)(H2,15,16,20). The molecule has 0 saturated heterocycles.